The molecule has 0 spiro atoms. The zero-order valence-corrected chi connectivity index (χ0v) is 18.6. The Morgan fingerprint density at radius 1 is 1.11 bits per heavy atom. The minimum Gasteiger partial charge on any atom is -0.439 e. The van der Waals surface area contributed by atoms with Gasteiger partial charge < -0.3 is 10.1 Å². The summed E-state index contributed by atoms with van der Waals surface area (Å²) in [6.07, 6.45) is -0.641. The van der Waals surface area contributed by atoms with Crippen molar-refractivity contribution in [2.45, 2.75) is 12.7 Å². The van der Waals surface area contributed by atoms with Crippen LogP contribution in [0.1, 0.15) is 11.3 Å². The van der Waals surface area contributed by atoms with Gasteiger partial charge in [-0.05, 0) is 42.5 Å². The number of nitrogens with one attached hydrogen (secondary N) is 1. The predicted octanol–water partition coefficient (Wildman–Crippen LogP) is 3.10. The van der Waals surface area contributed by atoms with E-state index in [1.807, 2.05) is 0 Å². The van der Waals surface area contributed by atoms with Crippen molar-refractivity contribution in [2.75, 3.05) is 11.2 Å². The average molecular weight is 514 g/mol. The number of ether oxygens (including phenoxy) is 1. The van der Waals surface area contributed by atoms with Crippen LogP contribution in [0.2, 0.25) is 0 Å². The van der Waals surface area contributed by atoms with E-state index in [-0.39, 0.29) is 18.1 Å². The second-order valence-electron chi connectivity index (χ2n) is 7.75. The molecular weight excluding hydrogens is 498 g/mol. The van der Waals surface area contributed by atoms with Crippen LogP contribution in [-0.4, -0.2) is 35.8 Å². The van der Waals surface area contributed by atoms with Crippen LogP contribution < -0.4 is 20.6 Å². The van der Waals surface area contributed by atoms with Gasteiger partial charge in [-0.25, -0.2) is 19.2 Å². The van der Waals surface area contributed by atoms with E-state index in [1.54, 1.807) is 30.3 Å². The minimum absolute atomic E-state index is 0.202. The maximum Gasteiger partial charge on any atom is 0.419 e. The maximum atomic E-state index is 13.5. The Labute approximate surface area is 204 Å². The summed E-state index contributed by atoms with van der Waals surface area (Å²) in [5.41, 5.74) is -0.615. The molecule has 11 nitrogen and oxygen atoms in total. The third kappa shape index (κ3) is 5.14. The van der Waals surface area contributed by atoms with E-state index in [9.17, 15) is 22.4 Å². The molecule has 0 atom stereocenters. The Kier molecular flexibility index (Phi) is 5.87. The zero-order valence-electron chi connectivity index (χ0n) is 18.6. The number of halogens is 4. The van der Waals surface area contributed by atoms with Crippen LogP contribution in [0.15, 0.2) is 67.4 Å². The standard InChI is InChI=1S/C22H15F4N9O2/c23-18-3-1-14(8-17(18)22(24,25)26)30-21(36)34-6-5-13-7-16(2-4-19(13)34)37-20-9-15(28-11-29-20)10-33-12-35(27)32-31-33/h1-9,11-12H,10,27H2/p+1. The van der Waals surface area contributed by atoms with Crippen molar-refractivity contribution in [1.29, 1.82) is 0 Å². The number of nitrogens with zero attached hydrogens (tertiary/aromatic N) is 7. The predicted molar refractivity (Wildman–Crippen MR) is 119 cm³/mol. The van der Waals surface area contributed by atoms with E-state index < -0.39 is 23.6 Å². The Morgan fingerprint density at radius 2 is 1.95 bits per heavy atom. The molecule has 3 heterocycles. The van der Waals surface area contributed by atoms with E-state index >= 15 is 0 Å². The molecular formula is C22H16F4N9O2+. The largest absolute Gasteiger partial charge is 0.439 e. The van der Waals surface area contributed by atoms with Crippen molar-refractivity contribution in [3.63, 3.8) is 0 Å². The van der Waals surface area contributed by atoms with Gasteiger partial charge in [-0.15, -0.1) is 4.68 Å². The normalized spacial score (nSPS) is 11.6. The van der Waals surface area contributed by atoms with Gasteiger partial charge in [0.15, 0.2) is 5.21 Å². The van der Waals surface area contributed by atoms with Gasteiger partial charge in [-0.3, -0.25) is 10.4 Å². The number of aromatic nitrogens is 7. The number of amides is 1. The molecule has 0 aliphatic carbocycles. The summed E-state index contributed by atoms with van der Waals surface area (Å²) in [5.74, 6) is 4.73. The molecule has 0 aliphatic heterocycles. The van der Waals surface area contributed by atoms with E-state index in [0.29, 0.717) is 34.5 Å². The molecule has 3 N–H and O–H groups in total. The number of carbonyl (C=O) groups excluding carboxylic acids is 1. The van der Waals surface area contributed by atoms with E-state index in [4.69, 9.17) is 10.6 Å². The summed E-state index contributed by atoms with van der Waals surface area (Å²) in [7, 11) is 0. The molecule has 3 aromatic heterocycles. The second-order valence-corrected chi connectivity index (χ2v) is 7.75. The molecule has 0 saturated heterocycles. The number of anilines is 1. The molecule has 188 valence electrons. The van der Waals surface area contributed by atoms with Crippen molar-refractivity contribution >= 4 is 22.6 Å². The smallest absolute Gasteiger partial charge is 0.419 e. The van der Waals surface area contributed by atoms with Gasteiger partial charge in [-0.2, -0.15) is 13.2 Å². The Balaban J connectivity index is 1.32. The first-order valence-electron chi connectivity index (χ1n) is 10.5. The average Bonchev–Trinajstić information content (AvgIpc) is 3.45. The fourth-order valence-corrected chi connectivity index (χ4v) is 3.52. The molecule has 0 fully saturated rings. The first-order chi connectivity index (χ1) is 17.7. The van der Waals surface area contributed by atoms with E-state index in [2.05, 4.69) is 25.7 Å². The third-order valence-corrected chi connectivity index (χ3v) is 5.16. The lowest BCUT2D eigenvalue weighted by Crippen LogP contribution is -2.36. The van der Waals surface area contributed by atoms with Crippen molar-refractivity contribution in [3.8, 4) is 11.6 Å². The van der Waals surface area contributed by atoms with E-state index in [0.717, 1.165) is 10.9 Å². The number of rotatable bonds is 5. The lowest BCUT2D eigenvalue weighted by atomic mass is 10.2. The molecule has 0 radical (unpaired) electrons. The first kappa shape index (κ1) is 23.7. The molecule has 5 rings (SSSR count). The lowest BCUT2D eigenvalue weighted by Gasteiger charge is -2.12. The van der Waals surface area contributed by atoms with Gasteiger partial charge in [0.2, 0.25) is 5.88 Å². The lowest BCUT2D eigenvalue weighted by molar-refractivity contribution is -0.747. The summed E-state index contributed by atoms with van der Waals surface area (Å²) in [4.78, 5) is 22.0. The SMILES string of the molecule is Nn1c[n+](Cc2cc(Oc3ccc4c(ccn4C(=O)Nc4ccc(F)c(C(F)(F)F)c4)c3)ncn2)nn1. The summed E-state index contributed by atoms with van der Waals surface area (Å²) in [6, 6.07) is 9.62. The highest BCUT2D eigenvalue weighted by molar-refractivity contribution is 5.98. The molecule has 2 aromatic carbocycles. The van der Waals surface area contributed by atoms with Crippen LogP contribution in [-0.2, 0) is 12.7 Å². The number of benzene rings is 2. The van der Waals surface area contributed by atoms with Crippen molar-refractivity contribution in [2.24, 2.45) is 0 Å². The molecule has 0 saturated carbocycles. The molecule has 5 aromatic rings. The van der Waals surface area contributed by atoms with Crippen LogP contribution >= 0.6 is 0 Å². The number of alkyl halides is 3. The van der Waals surface area contributed by atoms with Crippen molar-refractivity contribution < 1.29 is 31.8 Å². The highest BCUT2D eigenvalue weighted by Crippen LogP contribution is 2.33. The van der Waals surface area contributed by atoms with Gasteiger partial charge in [0.25, 0.3) is 6.33 Å². The van der Waals surface area contributed by atoms with Crippen LogP contribution in [0.25, 0.3) is 10.9 Å². The molecule has 0 aliphatic rings. The van der Waals surface area contributed by atoms with Crippen LogP contribution in [0, 0.1) is 5.82 Å². The Hall–Kier alpha value is -5.08. The first-order valence-corrected chi connectivity index (χ1v) is 10.5. The number of nitrogens with two attached hydrogens (primary N) is 1. The Morgan fingerprint density at radius 3 is 2.70 bits per heavy atom. The zero-order chi connectivity index (χ0) is 26.2. The van der Waals surface area contributed by atoms with Crippen molar-refractivity contribution in [3.05, 3.63) is 84.5 Å². The molecule has 0 bridgehead atoms. The molecule has 0 unspecified atom stereocenters. The maximum absolute atomic E-state index is 13.5. The van der Waals surface area contributed by atoms with Crippen LogP contribution in [0.4, 0.5) is 28.0 Å². The minimum atomic E-state index is -4.89. The number of fused-ring (bicyclic) bond motifs is 1. The summed E-state index contributed by atoms with van der Waals surface area (Å²) in [5, 5.41) is 10.4. The highest BCUT2D eigenvalue weighted by Gasteiger charge is 2.34. The second kappa shape index (κ2) is 9.18. The molecule has 37 heavy (non-hydrogen) atoms. The fraction of sp³-hybridized carbons (Fsp3) is 0.0909. The molecule has 1 amide bonds. The molecule has 15 heteroatoms. The van der Waals surface area contributed by atoms with Gasteiger partial charge in [0.1, 0.15) is 29.7 Å². The number of nitrogen functional groups attached to an aromatic ring is 1. The Bertz CT molecular complexity index is 1610. The number of carbonyl (C=O) groups is 1. The van der Waals surface area contributed by atoms with Gasteiger partial charge in [0, 0.05) is 28.1 Å². The quantitative estimate of drug-likeness (QED) is 0.209. The number of hydrogen-bond acceptors (Lipinski definition) is 7. The topological polar surface area (TPSA) is 130 Å². The van der Waals surface area contributed by atoms with Crippen molar-refractivity contribution in [1.82, 2.24) is 29.8 Å². The monoisotopic (exact) mass is 514 g/mol. The van der Waals surface area contributed by atoms with E-state index in [1.165, 1.54) is 28.1 Å². The van der Waals surface area contributed by atoms with Gasteiger partial charge >= 0.3 is 12.2 Å². The fourth-order valence-electron chi connectivity index (χ4n) is 3.52. The highest BCUT2D eigenvalue weighted by atomic mass is 19.4. The van der Waals surface area contributed by atoms with Gasteiger partial charge in [-0.1, -0.05) is 0 Å². The number of tetrazole rings is 1. The summed E-state index contributed by atoms with van der Waals surface area (Å²) < 4.78 is 60.9. The number of hydrogen-bond donors (Lipinski definition) is 2. The van der Waals surface area contributed by atoms with Gasteiger partial charge in [0.05, 0.1) is 16.8 Å². The van der Waals surface area contributed by atoms with Crippen LogP contribution in [0.3, 0.4) is 0 Å². The third-order valence-electron chi connectivity index (χ3n) is 5.16. The summed E-state index contributed by atoms with van der Waals surface area (Å²) in [6.45, 7) is 0.283. The summed E-state index contributed by atoms with van der Waals surface area (Å²) >= 11 is 0. The van der Waals surface area contributed by atoms with Crippen LogP contribution in [0.5, 0.6) is 11.6 Å².